The second-order valence-corrected chi connectivity index (χ2v) is 5.24. The summed E-state index contributed by atoms with van der Waals surface area (Å²) in [6.07, 6.45) is 0. The fraction of sp³-hybridized carbons (Fsp3) is 0.176. The van der Waals surface area contributed by atoms with E-state index in [4.69, 9.17) is 9.84 Å². The Morgan fingerprint density at radius 3 is 2.64 bits per heavy atom. The Hall–Kier alpha value is -2.82. The molecule has 1 heterocycles. The van der Waals surface area contributed by atoms with Crippen LogP contribution in [-0.2, 0) is 11.3 Å². The summed E-state index contributed by atoms with van der Waals surface area (Å²) >= 11 is 0. The van der Waals surface area contributed by atoms with Gasteiger partial charge in [-0.25, -0.2) is 4.79 Å². The number of aryl methyl sites for hydroxylation is 1. The lowest BCUT2D eigenvalue weighted by atomic mass is 10.1. The largest absolute Gasteiger partial charge is 0.482 e. The number of carboxylic acid groups (broad SMARTS) is 1. The number of aromatic carboxylic acids is 1. The van der Waals surface area contributed by atoms with E-state index in [1.165, 1.54) is 12.1 Å². The van der Waals surface area contributed by atoms with Crippen molar-refractivity contribution in [3.8, 4) is 5.75 Å². The van der Waals surface area contributed by atoms with Gasteiger partial charge in [0.25, 0.3) is 5.91 Å². The third-order valence-electron chi connectivity index (χ3n) is 3.61. The number of benzene rings is 2. The van der Waals surface area contributed by atoms with Gasteiger partial charge < -0.3 is 14.7 Å². The zero-order chi connectivity index (χ0) is 15.7. The molecule has 2 aromatic carbocycles. The molecule has 0 radical (unpaired) electrons. The molecule has 1 amide bonds. The predicted octanol–water partition coefficient (Wildman–Crippen LogP) is 2.62. The van der Waals surface area contributed by atoms with E-state index in [-0.39, 0.29) is 18.1 Å². The third-order valence-corrected chi connectivity index (χ3v) is 3.61. The van der Waals surface area contributed by atoms with Crippen LogP contribution in [0.1, 0.15) is 21.5 Å². The van der Waals surface area contributed by atoms with Crippen molar-refractivity contribution in [1.82, 2.24) is 0 Å². The van der Waals surface area contributed by atoms with Crippen LogP contribution >= 0.6 is 0 Å². The first-order valence-corrected chi connectivity index (χ1v) is 6.90. The number of nitrogens with zero attached hydrogens (tertiary/aromatic N) is 1. The summed E-state index contributed by atoms with van der Waals surface area (Å²) in [4.78, 5) is 24.8. The van der Waals surface area contributed by atoms with E-state index < -0.39 is 5.97 Å². The van der Waals surface area contributed by atoms with E-state index in [1.54, 1.807) is 11.0 Å². The standard InChI is InChI=1S/C17H15NO4/c1-11-2-4-12(5-3-11)9-18-14-7-6-13(17(20)21)8-15(14)22-10-16(18)19/h2-8H,9-10H2,1H3,(H,20,21). The van der Waals surface area contributed by atoms with Gasteiger partial charge in [0.05, 0.1) is 17.8 Å². The fourth-order valence-electron chi connectivity index (χ4n) is 2.39. The van der Waals surface area contributed by atoms with Crippen molar-refractivity contribution in [2.75, 3.05) is 11.5 Å². The van der Waals surface area contributed by atoms with Crippen LogP contribution in [0.5, 0.6) is 5.75 Å². The normalized spacial score (nSPS) is 13.5. The van der Waals surface area contributed by atoms with Crippen molar-refractivity contribution < 1.29 is 19.4 Å². The third kappa shape index (κ3) is 2.65. The molecule has 1 aliphatic heterocycles. The van der Waals surface area contributed by atoms with E-state index in [9.17, 15) is 9.59 Å². The Bertz CT molecular complexity index is 737. The molecule has 0 aromatic heterocycles. The van der Waals surface area contributed by atoms with Gasteiger partial charge in [-0.2, -0.15) is 0 Å². The number of hydrogen-bond acceptors (Lipinski definition) is 3. The monoisotopic (exact) mass is 297 g/mol. The van der Waals surface area contributed by atoms with Crippen LogP contribution in [0, 0.1) is 6.92 Å². The lowest BCUT2D eigenvalue weighted by molar-refractivity contribution is -0.121. The van der Waals surface area contributed by atoms with Crippen molar-refractivity contribution in [3.63, 3.8) is 0 Å². The van der Waals surface area contributed by atoms with E-state index in [2.05, 4.69) is 0 Å². The van der Waals surface area contributed by atoms with Gasteiger partial charge in [0.1, 0.15) is 5.75 Å². The van der Waals surface area contributed by atoms with Crippen LogP contribution in [0.2, 0.25) is 0 Å². The fourth-order valence-corrected chi connectivity index (χ4v) is 2.39. The van der Waals surface area contributed by atoms with Crippen LogP contribution in [0.3, 0.4) is 0 Å². The van der Waals surface area contributed by atoms with Gasteiger partial charge in [0, 0.05) is 0 Å². The minimum absolute atomic E-state index is 0.0814. The average molecular weight is 297 g/mol. The SMILES string of the molecule is Cc1ccc(CN2C(=O)COc3cc(C(=O)O)ccc32)cc1. The number of hydrogen-bond donors (Lipinski definition) is 1. The molecule has 5 heteroatoms. The maximum Gasteiger partial charge on any atom is 0.335 e. The lowest BCUT2D eigenvalue weighted by Gasteiger charge is -2.29. The highest BCUT2D eigenvalue weighted by Gasteiger charge is 2.26. The van der Waals surface area contributed by atoms with Crippen LogP contribution in [0.4, 0.5) is 5.69 Å². The molecule has 0 bridgehead atoms. The summed E-state index contributed by atoms with van der Waals surface area (Å²) in [6.45, 7) is 2.36. The minimum atomic E-state index is -1.02. The van der Waals surface area contributed by atoms with Gasteiger partial charge in [-0.1, -0.05) is 29.8 Å². The summed E-state index contributed by atoms with van der Waals surface area (Å²) in [7, 11) is 0. The van der Waals surface area contributed by atoms with Gasteiger partial charge >= 0.3 is 5.97 Å². The zero-order valence-electron chi connectivity index (χ0n) is 12.1. The Balaban J connectivity index is 1.93. The van der Waals surface area contributed by atoms with Gasteiger partial charge in [0.2, 0.25) is 0 Å². The smallest absolute Gasteiger partial charge is 0.335 e. The summed E-state index contributed by atoms with van der Waals surface area (Å²) in [5.74, 6) is -0.740. The minimum Gasteiger partial charge on any atom is -0.482 e. The molecule has 1 N–H and O–H groups in total. The van der Waals surface area contributed by atoms with Crippen molar-refractivity contribution in [2.24, 2.45) is 0 Å². The van der Waals surface area contributed by atoms with E-state index in [1.807, 2.05) is 31.2 Å². The molecule has 0 saturated carbocycles. The molecule has 3 rings (SSSR count). The first kappa shape index (κ1) is 14.1. The highest BCUT2D eigenvalue weighted by atomic mass is 16.5. The van der Waals surface area contributed by atoms with E-state index in [0.29, 0.717) is 18.0 Å². The quantitative estimate of drug-likeness (QED) is 0.945. The molecule has 0 saturated heterocycles. The lowest BCUT2D eigenvalue weighted by Crippen LogP contribution is -2.38. The van der Waals surface area contributed by atoms with Crippen molar-refractivity contribution >= 4 is 17.6 Å². The summed E-state index contributed by atoms with van der Waals surface area (Å²) in [5, 5.41) is 9.03. The number of rotatable bonds is 3. The van der Waals surface area contributed by atoms with Crippen LogP contribution in [0.25, 0.3) is 0 Å². The highest BCUT2D eigenvalue weighted by molar-refractivity contribution is 5.99. The number of anilines is 1. The highest BCUT2D eigenvalue weighted by Crippen LogP contribution is 2.34. The Kier molecular flexibility index (Phi) is 3.55. The molecule has 0 aliphatic carbocycles. The number of carbonyl (C=O) groups excluding carboxylic acids is 1. The zero-order valence-corrected chi connectivity index (χ0v) is 12.1. The Labute approximate surface area is 127 Å². The molecule has 0 unspecified atom stereocenters. The van der Waals surface area contributed by atoms with Gasteiger partial charge in [0.15, 0.2) is 6.61 Å². The molecule has 0 atom stereocenters. The van der Waals surface area contributed by atoms with Crippen LogP contribution in [0.15, 0.2) is 42.5 Å². The van der Waals surface area contributed by atoms with Crippen molar-refractivity contribution in [2.45, 2.75) is 13.5 Å². The first-order chi connectivity index (χ1) is 10.5. The molecule has 2 aromatic rings. The number of amides is 1. The molecule has 0 fully saturated rings. The van der Waals surface area contributed by atoms with E-state index in [0.717, 1.165) is 11.1 Å². The Morgan fingerprint density at radius 2 is 1.95 bits per heavy atom. The van der Waals surface area contributed by atoms with Gasteiger partial charge in [-0.05, 0) is 30.7 Å². The number of ether oxygens (including phenoxy) is 1. The molecule has 22 heavy (non-hydrogen) atoms. The average Bonchev–Trinajstić information content (AvgIpc) is 2.51. The first-order valence-electron chi connectivity index (χ1n) is 6.90. The van der Waals surface area contributed by atoms with Crippen molar-refractivity contribution in [3.05, 3.63) is 59.2 Å². The van der Waals surface area contributed by atoms with Gasteiger partial charge in [-0.15, -0.1) is 0 Å². The molecule has 112 valence electrons. The maximum atomic E-state index is 12.1. The Morgan fingerprint density at radius 1 is 1.23 bits per heavy atom. The molecular formula is C17H15NO4. The molecular weight excluding hydrogens is 282 g/mol. The number of carbonyl (C=O) groups is 2. The number of carboxylic acids is 1. The number of fused-ring (bicyclic) bond motifs is 1. The predicted molar refractivity (Wildman–Crippen MR) is 81.3 cm³/mol. The summed E-state index contributed by atoms with van der Waals surface area (Å²) in [6, 6.07) is 12.5. The summed E-state index contributed by atoms with van der Waals surface area (Å²) in [5.41, 5.74) is 2.91. The molecule has 0 spiro atoms. The van der Waals surface area contributed by atoms with Crippen LogP contribution < -0.4 is 9.64 Å². The van der Waals surface area contributed by atoms with Gasteiger partial charge in [-0.3, -0.25) is 4.79 Å². The summed E-state index contributed by atoms with van der Waals surface area (Å²) < 4.78 is 5.36. The second kappa shape index (κ2) is 5.52. The molecule has 1 aliphatic rings. The molecule has 5 nitrogen and oxygen atoms in total. The maximum absolute atomic E-state index is 12.1. The van der Waals surface area contributed by atoms with Crippen molar-refractivity contribution in [1.29, 1.82) is 0 Å². The topological polar surface area (TPSA) is 66.8 Å². The van der Waals surface area contributed by atoms with Crippen LogP contribution in [-0.4, -0.2) is 23.6 Å². The van der Waals surface area contributed by atoms with E-state index >= 15 is 0 Å². The second-order valence-electron chi connectivity index (χ2n) is 5.24.